The minimum Gasteiger partial charge on any atom is -0.353 e. The molecule has 0 aromatic rings. The van der Waals surface area contributed by atoms with Crippen molar-refractivity contribution in [2.24, 2.45) is 0 Å². The standard InChI is InChI=1S/C21H42O2/c1-4-7-10-11-12-13-14-15-18-21(22-19-16-8-5-2)23-20-17-9-6-3/h10-11,21H,4-9,12-20H2,1-3H3/b11-10-. The average molecular weight is 327 g/mol. The Morgan fingerprint density at radius 2 is 1.22 bits per heavy atom. The lowest BCUT2D eigenvalue weighted by atomic mass is 10.1. The molecule has 0 aliphatic heterocycles. The van der Waals surface area contributed by atoms with Crippen molar-refractivity contribution in [1.82, 2.24) is 0 Å². The molecule has 0 aromatic carbocycles. The van der Waals surface area contributed by atoms with Gasteiger partial charge in [0, 0.05) is 13.2 Å². The molecular formula is C21H42O2. The molecule has 2 heteroatoms. The fourth-order valence-corrected chi connectivity index (χ4v) is 2.50. The van der Waals surface area contributed by atoms with E-state index < -0.39 is 0 Å². The van der Waals surface area contributed by atoms with Crippen LogP contribution in [0.25, 0.3) is 0 Å². The maximum atomic E-state index is 5.95. The van der Waals surface area contributed by atoms with E-state index in [1.54, 1.807) is 0 Å². The van der Waals surface area contributed by atoms with Gasteiger partial charge in [0.25, 0.3) is 0 Å². The Labute approximate surface area is 146 Å². The summed E-state index contributed by atoms with van der Waals surface area (Å²) in [6.07, 6.45) is 20.5. The third-order valence-corrected chi connectivity index (χ3v) is 4.04. The van der Waals surface area contributed by atoms with Gasteiger partial charge in [-0.2, -0.15) is 0 Å². The van der Waals surface area contributed by atoms with Crippen molar-refractivity contribution < 1.29 is 9.47 Å². The Morgan fingerprint density at radius 3 is 1.78 bits per heavy atom. The van der Waals surface area contributed by atoms with Crippen LogP contribution in [0.2, 0.25) is 0 Å². The van der Waals surface area contributed by atoms with E-state index >= 15 is 0 Å². The molecule has 0 fully saturated rings. The molecule has 2 nitrogen and oxygen atoms in total. The van der Waals surface area contributed by atoms with Crippen LogP contribution in [0.3, 0.4) is 0 Å². The summed E-state index contributed by atoms with van der Waals surface area (Å²) in [5.41, 5.74) is 0. The van der Waals surface area contributed by atoms with Crippen LogP contribution in [0, 0.1) is 0 Å². The molecule has 0 amide bonds. The van der Waals surface area contributed by atoms with E-state index in [4.69, 9.17) is 9.47 Å². The van der Waals surface area contributed by atoms with Crippen molar-refractivity contribution in [3.05, 3.63) is 12.2 Å². The van der Waals surface area contributed by atoms with Crippen LogP contribution < -0.4 is 0 Å². The van der Waals surface area contributed by atoms with Crippen molar-refractivity contribution in [3.8, 4) is 0 Å². The number of unbranched alkanes of at least 4 members (excludes halogenated alkanes) is 8. The summed E-state index contributed by atoms with van der Waals surface area (Å²) < 4.78 is 11.9. The predicted octanol–water partition coefficient (Wildman–Crippen LogP) is 7.03. The molecule has 0 aliphatic carbocycles. The number of allylic oxidation sites excluding steroid dienone is 2. The van der Waals surface area contributed by atoms with E-state index in [1.807, 2.05) is 0 Å². The van der Waals surface area contributed by atoms with Gasteiger partial charge in [-0.1, -0.05) is 71.4 Å². The number of hydrogen-bond donors (Lipinski definition) is 0. The lowest BCUT2D eigenvalue weighted by Crippen LogP contribution is -2.19. The van der Waals surface area contributed by atoms with Gasteiger partial charge in [-0.15, -0.1) is 0 Å². The first kappa shape index (κ1) is 22.7. The Hall–Kier alpha value is -0.340. The molecule has 0 spiro atoms. The van der Waals surface area contributed by atoms with Gasteiger partial charge in [0.15, 0.2) is 6.29 Å². The molecule has 0 saturated carbocycles. The molecule has 0 radical (unpaired) electrons. The summed E-state index contributed by atoms with van der Waals surface area (Å²) in [6, 6.07) is 0. The second-order valence-corrected chi connectivity index (χ2v) is 6.48. The van der Waals surface area contributed by atoms with E-state index in [2.05, 4.69) is 32.9 Å². The zero-order chi connectivity index (χ0) is 17.0. The maximum absolute atomic E-state index is 5.95. The lowest BCUT2D eigenvalue weighted by Gasteiger charge is -2.18. The highest BCUT2D eigenvalue weighted by Crippen LogP contribution is 2.12. The van der Waals surface area contributed by atoms with E-state index in [-0.39, 0.29) is 6.29 Å². The summed E-state index contributed by atoms with van der Waals surface area (Å²) >= 11 is 0. The van der Waals surface area contributed by atoms with Crippen LogP contribution in [0.4, 0.5) is 0 Å². The average Bonchev–Trinajstić information content (AvgIpc) is 2.57. The van der Waals surface area contributed by atoms with E-state index in [1.165, 1.54) is 64.2 Å². The van der Waals surface area contributed by atoms with Crippen LogP contribution >= 0.6 is 0 Å². The fraction of sp³-hybridized carbons (Fsp3) is 0.905. The van der Waals surface area contributed by atoms with Gasteiger partial charge in [0.05, 0.1) is 0 Å². The topological polar surface area (TPSA) is 18.5 Å². The third kappa shape index (κ3) is 17.8. The molecule has 0 bridgehead atoms. The van der Waals surface area contributed by atoms with Crippen LogP contribution in [0.15, 0.2) is 12.2 Å². The molecule has 0 atom stereocenters. The van der Waals surface area contributed by atoms with Gasteiger partial charge in [-0.05, 0) is 44.9 Å². The summed E-state index contributed by atoms with van der Waals surface area (Å²) in [4.78, 5) is 0. The largest absolute Gasteiger partial charge is 0.353 e. The molecule has 0 N–H and O–H groups in total. The number of hydrogen-bond acceptors (Lipinski definition) is 2. The van der Waals surface area contributed by atoms with Gasteiger partial charge in [-0.25, -0.2) is 0 Å². The molecule has 0 unspecified atom stereocenters. The molecule has 138 valence electrons. The van der Waals surface area contributed by atoms with Crippen LogP contribution in [0.5, 0.6) is 0 Å². The first-order chi connectivity index (χ1) is 11.3. The first-order valence-electron chi connectivity index (χ1n) is 10.2. The van der Waals surface area contributed by atoms with Crippen LogP contribution in [0.1, 0.15) is 104 Å². The number of rotatable bonds is 18. The van der Waals surface area contributed by atoms with Crippen molar-refractivity contribution >= 4 is 0 Å². The summed E-state index contributed by atoms with van der Waals surface area (Å²) in [5, 5.41) is 0. The second kappa shape index (κ2) is 19.7. The monoisotopic (exact) mass is 326 g/mol. The number of ether oxygens (including phenoxy) is 2. The van der Waals surface area contributed by atoms with E-state index in [0.29, 0.717) is 0 Å². The molecule has 0 heterocycles. The van der Waals surface area contributed by atoms with Crippen molar-refractivity contribution in [1.29, 1.82) is 0 Å². The molecular weight excluding hydrogens is 284 g/mol. The van der Waals surface area contributed by atoms with Crippen molar-refractivity contribution in [2.45, 2.75) is 111 Å². The van der Waals surface area contributed by atoms with Gasteiger partial charge in [0.1, 0.15) is 0 Å². The smallest absolute Gasteiger partial charge is 0.157 e. The SMILES string of the molecule is CCC/C=C\CCCCCC(OCCCCC)OCCCCC. The molecule has 0 saturated heterocycles. The Kier molecular flexibility index (Phi) is 19.4. The molecule has 23 heavy (non-hydrogen) atoms. The highest BCUT2D eigenvalue weighted by molar-refractivity contribution is 4.80. The molecule has 0 aromatic heterocycles. The Morgan fingerprint density at radius 1 is 0.609 bits per heavy atom. The van der Waals surface area contributed by atoms with Crippen LogP contribution in [-0.4, -0.2) is 19.5 Å². The second-order valence-electron chi connectivity index (χ2n) is 6.48. The van der Waals surface area contributed by atoms with Gasteiger partial charge in [-0.3, -0.25) is 0 Å². The van der Waals surface area contributed by atoms with E-state index in [0.717, 1.165) is 32.5 Å². The lowest BCUT2D eigenvalue weighted by molar-refractivity contribution is -0.148. The maximum Gasteiger partial charge on any atom is 0.157 e. The first-order valence-corrected chi connectivity index (χ1v) is 10.2. The summed E-state index contributed by atoms with van der Waals surface area (Å²) in [7, 11) is 0. The minimum atomic E-state index is 0.0272. The highest BCUT2D eigenvalue weighted by Gasteiger charge is 2.08. The van der Waals surface area contributed by atoms with E-state index in [9.17, 15) is 0 Å². The zero-order valence-corrected chi connectivity index (χ0v) is 16.2. The quantitative estimate of drug-likeness (QED) is 0.153. The van der Waals surface area contributed by atoms with Crippen LogP contribution in [-0.2, 0) is 9.47 Å². The Bertz CT molecular complexity index is 226. The highest BCUT2D eigenvalue weighted by atomic mass is 16.7. The predicted molar refractivity (Wildman–Crippen MR) is 102 cm³/mol. The molecule has 0 aliphatic rings. The Balaban J connectivity index is 3.72. The van der Waals surface area contributed by atoms with Gasteiger partial charge in [0.2, 0.25) is 0 Å². The third-order valence-electron chi connectivity index (χ3n) is 4.04. The van der Waals surface area contributed by atoms with Crippen molar-refractivity contribution in [2.75, 3.05) is 13.2 Å². The zero-order valence-electron chi connectivity index (χ0n) is 16.2. The normalized spacial score (nSPS) is 11.8. The van der Waals surface area contributed by atoms with Gasteiger partial charge < -0.3 is 9.47 Å². The van der Waals surface area contributed by atoms with Crippen molar-refractivity contribution in [3.63, 3.8) is 0 Å². The molecule has 0 rings (SSSR count). The van der Waals surface area contributed by atoms with Gasteiger partial charge >= 0.3 is 0 Å². The fourth-order valence-electron chi connectivity index (χ4n) is 2.50. The summed E-state index contributed by atoms with van der Waals surface area (Å²) in [6.45, 7) is 8.39. The minimum absolute atomic E-state index is 0.0272. The summed E-state index contributed by atoms with van der Waals surface area (Å²) in [5.74, 6) is 0.